The maximum Gasteiger partial charge on any atom is 0.306 e. The van der Waals surface area contributed by atoms with Gasteiger partial charge in [0.05, 0.1) is 27.7 Å². The first-order chi connectivity index (χ1) is 25.0. The molecule has 0 amide bonds. The summed E-state index contributed by atoms with van der Waals surface area (Å²) in [4.78, 5) is 37.4. The molecule has 2 unspecified atom stereocenters. The van der Waals surface area contributed by atoms with Crippen LogP contribution in [-0.2, 0) is 32.7 Å². The molecule has 308 valence electrons. The molecule has 0 aromatic carbocycles. The molecular formula is C42H82NO8P. The lowest BCUT2D eigenvalue weighted by Gasteiger charge is -2.28. The van der Waals surface area contributed by atoms with Gasteiger partial charge < -0.3 is 27.9 Å². The van der Waals surface area contributed by atoms with Crippen LogP contribution in [0.1, 0.15) is 194 Å². The van der Waals surface area contributed by atoms with Crippen molar-refractivity contribution in [2.24, 2.45) is 0 Å². The van der Waals surface area contributed by atoms with E-state index in [1.54, 1.807) is 0 Å². The molecule has 10 heteroatoms. The Balaban J connectivity index is 4.40. The number of likely N-dealkylation sites (N-methyl/N-ethyl adjacent to an activating group) is 1. The van der Waals surface area contributed by atoms with Gasteiger partial charge >= 0.3 is 11.9 Å². The first-order valence-corrected chi connectivity index (χ1v) is 22.9. The fourth-order valence-electron chi connectivity index (χ4n) is 5.91. The van der Waals surface area contributed by atoms with Crippen LogP contribution in [0.15, 0.2) is 12.2 Å². The molecule has 52 heavy (non-hydrogen) atoms. The molecule has 0 aromatic rings. The van der Waals surface area contributed by atoms with E-state index in [1.807, 2.05) is 27.2 Å². The third-order valence-corrected chi connectivity index (χ3v) is 10.3. The Morgan fingerprint density at radius 2 is 1.02 bits per heavy atom. The van der Waals surface area contributed by atoms with Gasteiger partial charge in [0.1, 0.15) is 19.8 Å². The number of quaternary nitrogens is 1. The fraction of sp³-hybridized carbons (Fsp3) is 0.905. The van der Waals surface area contributed by atoms with Crippen molar-refractivity contribution in [1.82, 2.24) is 0 Å². The molecule has 0 saturated heterocycles. The van der Waals surface area contributed by atoms with E-state index in [2.05, 4.69) is 19.9 Å². The summed E-state index contributed by atoms with van der Waals surface area (Å²) < 4.78 is 33.8. The molecular weight excluding hydrogens is 677 g/mol. The third kappa shape index (κ3) is 38.5. The topological polar surface area (TPSA) is 111 Å². The SMILES string of the molecule is CCCCCCCCCCCCC/C=C\CCC(=O)OC(COC(=O)CCCCCCCCCCCCCCC)COP(=O)([O-])OCC[N+](C)(C)C. The Hall–Kier alpha value is -1.25. The Bertz CT molecular complexity index is 907. The van der Waals surface area contributed by atoms with Gasteiger partial charge in [-0.2, -0.15) is 0 Å². The number of hydrogen-bond acceptors (Lipinski definition) is 8. The van der Waals surface area contributed by atoms with E-state index in [1.165, 1.54) is 128 Å². The Morgan fingerprint density at radius 3 is 1.50 bits per heavy atom. The summed E-state index contributed by atoms with van der Waals surface area (Å²) in [5, 5.41) is 0. The standard InChI is InChI=1S/C42H82NO8P/c1-6-8-10-12-14-16-18-20-21-23-25-27-29-31-33-35-42(45)51-40(39-50-52(46,47)49-37-36-43(3,4)5)38-48-41(44)34-32-30-28-26-24-22-19-17-15-13-11-9-7-2/h29,31,40H,6-28,30,32-39H2,1-5H3/b31-29-. The van der Waals surface area contributed by atoms with Crippen LogP contribution in [-0.4, -0.2) is 70.0 Å². The zero-order valence-electron chi connectivity index (χ0n) is 34.5. The highest BCUT2D eigenvalue weighted by Gasteiger charge is 2.21. The average molecular weight is 760 g/mol. The van der Waals surface area contributed by atoms with Gasteiger partial charge in [-0.05, 0) is 25.7 Å². The Kier molecular flexibility index (Phi) is 34.6. The van der Waals surface area contributed by atoms with Crippen LogP contribution in [0, 0.1) is 0 Å². The normalized spacial score (nSPS) is 13.7. The van der Waals surface area contributed by atoms with E-state index in [0.717, 1.165) is 32.1 Å². The summed E-state index contributed by atoms with van der Waals surface area (Å²) in [6.45, 7) is 4.20. The van der Waals surface area contributed by atoms with E-state index in [4.69, 9.17) is 18.5 Å². The minimum atomic E-state index is -4.62. The summed E-state index contributed by atoms with van der Waals surface area (Å²) in [5.74, 6) is -0.883. The second kappa shape index (κ2) is 35.5. The first-order valence-electron chi connectivity index (χ1n) is 21.4. The molecule has 0 N–H and O–H groups in total. The first kappa shape index (κ1) is 50.8. The van der Waals surface area contributed by atoms with E-state index < -0.39 is 26.5 Å². The van der Waals surface area contributed by atoms with Crippen LogP contribution < -0.4 is 4.89 Å². The number of nitrogens with zero attached hydrogens (tertiary/aromatic N) is 1. The summed E-state index contributed by atoms with van der Waals surface area (Å²) >= 11 is 0. The number of ether oxygens (including phenoxy) is 2. The molecule has 0 fully saturated rings. The lowest BCUT2D eigenvalue weighted by molar-refractivity contribution is -0.870. The molecule has 0 bridgehead atoms. The van der Waals surface area contributed by atoms with Gasteiger partial charge in [0.15, 0.2) is 6.10 Å². The number of allylic oxidation sites excluding steroid dienone is 2. The number of esters is 2. The maximum atomic E-state index is 12.6. The summed E-state index contributed by atoms with van der Waals surface area (Å²) in [7, 11) is 1.16. The minimum Gasteiger partial charge on any atom is -0.756 e. The summed E-state index contributed by atoms with van der Waals surface area (Å²) in [5.41, 5.74) is 0. The molecule has 0 heterocycles. The van der Waals surface area contributed by atoms with Crippen LogP contribution >= 0.6 is 7.82 Å². The number of carbonyl (C=O) groups is 2. The van der Waals surface area contributed by atoms with Crippen molar-refractivity contribution in [3.05, 3.63) is 12.2 Å². The molecule has 0 aliphatic rings. The second-order valence-corrected chi connectivity index (χ2v) is 17.1. The average Bonchev–Trinajstić information content (AvgIpc) is 3.09. The maximum absolute atomic E-state index is 12.6. The molecule has 0 radical (unpaired) electrons. The van der Waals surface area contributed by atoms with Crippen LogP contribution in [0.25, 0.3) is 0 Å². The number of carbonyl (C=O) groups excluding carboxylic acids is 2. The van der Waals surface area contributed by atoms with Gasteiger partial charge in [-0.1, -0.05) is 167 Å². The van der Waals surface area contributed by atoms with Crippen molar-refractivity contribution in [3.63, 3.8) is 0 Å². The second-order valence-electron chi connectivity index (χ2n) is 15.7. The molecule has 0 aliphatic carbocycles. The Labute approximate surface area is 320 Å². The van der Waals surface area contributed by atoms with Crippen LogP contribution in [0.4, 0.5) is 0 Å². The summed E-state index contributed by atoms with van der Waals surface area (Å²) in [6, 6.07) is 0. The highest BCUT2D eigenvalue weighted by atomic mass is 31.2. The van der Waals surface area contributed by atoms with Crippen molar-refractivity contribution in [2.45, 2.75) is 200 Å². The zero-order valence-corrected chi connectivity index (χ0v) is 35.4. The number of hydrogen-bond donors (Lipinski definition) is 0. The molecule has 0 aromatic heterocycles. The third-order valence-electron chi connectivity index (χ3n) is 9.30. The van der Waals surface area contributed by atoms with E-state index in [9.17, 15) is 19.0 Å². The van der Waals surface area contributed by atoms with Crippen molar-refractivity contribution in [1.29, 1.82) is 0 Å². The minimum absolute atomic E-state index is 0.0334. The smallest absolute Gasteiger partial charge is 0.306 e. The van der Waals surface area contributed by atoms with Crippen molar-refractivity contribution in [2.75, 3.05) is 47.5 Å². The largest absolute Gasteiger partial charge is 0.756 e. The van der Waals surface area contributed by atoms with E-state index in [0.29, 0.717) is 17.4 Å². The molecule has 2 atom stereocenters. The molecule has 0 saturated carbocycles. The van der Waals surface area contributed by atoms with Crippen molar-refractivity contribution in [3.8, 4) is 0 Å². The number of unbranched alkanes of at least 4 members (excludes halogenated alkanes) is 23. The fourth-order valence-corrected chi connectivity index (χ4v) is 6.64. The quantitative estimate of drug-likeness (QED) is 0.0200. The van der Waals surface area contributed by atoms with E-state index in [-0.39, 0.29) is 32.0 Å². The number of phosphoric acid groups is 1. The van der Waals surface area contributed by atoms with E-state index >= 15 is 0 Å². The predicted molar refractivity (Wildman–Crippen MR) is 213 cm³/mol. The number of rotatable bonds is 39. The molecule has 0 rings (SSSR count). The van der Waals surface area contributed by atoms with Crippen LogP contribution in [0.3, 0.4) is 0 Å². The highest BCUT2D eigenvalue weighted by Crippen LogP contribution is 2.38. The van der Waals surface area contributed by atoms with Gasteiger partial charge in [0.2, 0.25) is 0 Å². The van der Waals surface area contributed by atoms with Crippen molar-refractivity contribution >= 4 is 19.8 Å². The monoisotopic (exact) mass is 760 g/mol. The predicted octanol–water partition coefficient (Wildman–Crippen LogP) is 11.2. The van der Waals surface area contributed by atoms with Gasteiger partial charge in [-0.15, -0.1) is 0 Å². The van der Waals surface area contributed by atoms with Crippen LogP contribution in [0.5, 0.6) is 0 Å². The summed E-state index contributed by atoms with van der Waals surface area (Å²) in [6.07, 6.45) is 35.3. The lowest BCUT2D eigenvalue weighted by Crippen LogP contribution is -2.37. The Morgan fingerprint density at radius 1 is 0.577 bits per heavy atom. The zero-order chi connectivity index (χ0) is 38.6. The highest BCUT2D eigenvalue weighted by molar-refractivity contribution is 7.45. The molecule has 0 spiro atoms. The number of phosphoric ester groups is 1. The molecule has 9 nitrogen and oxygen atoms in total. The van der Waals surface area contributed by atoms with Gasteiger partial charge in [0.25, 0.3) is 7.82 Å². The van der Waals surface area contributed by atoms with Gasteiger partial charge in [-0.25, -0.2) is 0 Å². The molecule has 0 aliphatic heterocycles. The van der Waals surface area contributed by atoms with Gasteiger partial charge in [-0.3, -0.25) is 14.2 Å². The lowest BCUT2D eigenvalue weighted by atomic mass is 10.0. The van der Waals surface area contributed by atoms with Crippen molar-refractivity contribution < 1.29 is 42.1 Å². The van der Waals surface area contributed by atoms with Gasteiger partial charge in [0, 0.05) is 12.8 Å². The van der Waals surface area contributed by atoms with Crippen LogP contribution in [0.2, 0.25) is 0 Å².